The highest BCUT2D eigenvalue weighted by atomic mass is 32.2. The number of benzene rings is 1. The van der Waals surface area contributed by atoms with Crippen LogP contribution in [0.1, 0.15) is 54.9 Å². The Morgan fingerprint density at radius 1 is 1.10 bits per heavy atom. The van der Waals surface area contributed by atoms with Crippen LogP contribution in [0.4, 0.5) is 0 Å². The van der Waals surface area contributed by atoms with Crippen molar-refractivity contribution >= 4 is 23.9 Å². The van der Waals surface area contributed by atoms with E-state index in [1.165, 1.54) is 0 Å². The number of sulfone groups is 1. The van der Waals surface area contributed by atoms with E-state index in [9.17, 15) is 13.2 Å². The van der Waals surface area contributed by atoms with Crippen molar-refractivity contribution in [3.63, 3.8) is 0 Å². The maximum atomic E-state index is 13.2. The predicted octanol–water partition coefficient (Wildman–Crippen LogP) is 6.29. The first-order chi connectivity index (χ1) is 14.0. The Kier molecular flexibility index (Phi) is 9.09. The van der Waals surface area contributed by atoms with Crippen molar-refractivity contribution in [2.45, 2.75) is 84.0 Å². The van der Waals surface area contributed by atoms with Gasteiger partial charge in [0.2, 0.25) is 0 Å². The van der Waals surface area contributed by atoms with Crippen LogP contribution in [0.25, 0.3) is 0 Å². The first-order valence-corrected chi connectivity index (χ1v) is 15.7. The summed E-state index contributed by atoms with van der Waals surface area (Å²) in [5, 5.41) is -0.0161. The quantitative estimate of drug-likeness (QED) is 0.284. The van der Waals surface area contributed by atoms with Crippen LogP contribution in [0, 0.1) is 17.3 Å². The predicted molar refractivity (Wildman–Crippen MR) is 132 cm³/mol. The molecule has 0 N–H and O–H groups in total. The topological polar surface area (TPSA) is 60.4 Å². The Bertz CT molecular complexity index is 851. The molecular weight excluding hydrogens is 424 g/mol. The van der Waals surface area contributed by atoms with Gasteiger partial charge in [-0.15, -0.1) is 6.58 Å². The lowest BCUT2D eigenvalue weighted by atomic mass is 9.77. The number of hydrogen-bond acceptors (Lipinski definition) is 4. The van der Waals surface area contributed by atoms with Gasteiger partial charge in [-0.1, -0.05) is 58.9 Å². The second-order valence-corrected chi connectivity index (χ2v) is 17.7. The molecule has 3 atom stereocenters. The summed E-state index contributed by atoms with van der Waals surface area (Å²) in [6.07, 6.45) is 1.76. The molecule has 0 saturated heterocycles. The van der Waals surface area contributed by atoms with Gasteiger partial charge in [0.1, 0.15) is 5.78 Å². The molecule has 1 aromatic carbocycles. The third kappa shape index (κ3) is 7.12. The number of Topliss-reactive ketones (excluding diaryl/α,β-unsaturated/α-hetero) is 1. The van der Waals surface area contributed by atoms with Crippen LogP contribution < -0.4 is 0 Å². The monoisotopic (exact) mass is 466 g/mol. The summed E-state index contributed by atoms with van der Waals surface area (Å²) in [6, 6.07) is 8.53. The largest absolute Gasteiger partial charge is 0.413 e. The van der Waals surface area contributed by atoms with Crippen molar-refractivity contribution in [1.82, 2.24) is 0 Å². The highest BCUT2D eigenvalue weighted by Crippen LogP contribution is 2.40. The lowest BCUT2D eigenvalue weighted by molar-refractivity contribution is -0.132. The fraction of sp³-hybridized carbons (Fsp3) is 0.640. The van der Waals surface area contributed by atoms with Crippen molar-refractivity contribution < 1.29 is 17.6 Å². The normalized spacial score (nSPS) is 16.4. The smallest absolute Gasteiger partial charge is 0.192 e. The Morgan fingerprint density at radius 2 is 1.61 bits per heavy atom. The van der Waals surface area contributed by atoms with Gasteiger partial charge in [-0.05, 0) is 56.5 Å². The minimum atomic E-state index is -3.39. The van der Waals surface area contributed by atoms with E-state index in [-0.39, 0.29) is 34.5 Å². The zero-order valence-electron chi connectivity index (χ0n) is 20.9. The summed E-state index contributed by atoms with van der Waals surface area (Å²) in [5.41, 5.74) is -0.662. The van der Waals surface area contributed by atoms with Gasteiger partial charge in [-0.2, -0.15) is 0 Å². The lowest BCUT2D eigenvalue weighted by Crippen LogP contribution is -2.50. The van der Waals surface area contributed by atoms with Gasteiger partial charge >= 0.3 is 0 Å². The van der Waals surface area contributed by atoms with Crippen LogP contribution in [0.3, 0.4) is 0 Å². The number of ketones is 1. The summed E-state index contributed by atoms with van der Waals surface area (Å²) in [6.45, 7) is 22.3. The van der Waals surface area contributed by atoms with Gasteiger partial charge in [-0.25, -0.2) is 8.42 Å². The molecule has 1 rings (SSSR count). The molecule has 0 unspecified atom stereocenters. The van der Waals surface area contributed by atoms with E-state index in [0.717, 1.165) is 0 Å². The molecule has 0 fully saturated rings. The first-order valence-electron chi connectivity index (χ1n) is 11.1. The van der Waals surface area contributed by atoms with E-state index in [0.29, 0.717) is 11.3 Å². The second-order valence-electron chi connectivity index (χ2n) is 10.8. The van der Waals surface area contributed by atoms with Crippen LogP contribution in [0.2, 0.25) is 18.1 Å². The van der Waals surface area contributed by atoms with E-state index >= 15 is 0 Å². The Balaban J connectivity index is 3.17. The number of allylic oxidation sites excluding steroid dienone is 1. The minimum absolute atomic E-state index is 0.0161. The first kappa shape index (κ1) is 27.8. The molecule has 6 heteroatoms. The summed E-state index contributed by atoms with van der Waals surface area (Å²) in [5.74, 6) is -0.353. The third-order valence-corrected chi connectivity index (χ3v) is 13.0. The molecule has 176 valence electrons. The number of hydrogen-bond donors (Lipinski definition) is 0. The maximum absolute atomic E-state index is 13.2. The fourth-order valence-corrected chi connectivity index (χ4v) is 6.28. The highest BCUT2D eigenvalue weighted by Gasteiger charge is 2.44. The molecule has 31 heavy (non-hydrogen) atoms. The molecule has 0 aliphatic carbocycles. The third-order valence-electron chi connectivity index (χ3n) is 6.79. The summed E-state index contributed by atoms with van der Waals surface area (Å²) >= 11 is 0. The van der Waals surface area contributed by atoms with Gasteiger partial charge in [-0.3, -0.25) is 4.79 Å². The highest BCUT2D eigenvalue weighted by molar-refractivity contribution is 7.91. The van der Waals surface area contributed by atoms with Crippen molar-refractivity contribution in [2.75, 3.05) is 5.75 Å². The molecule has 1 aromatic rings. The number of carbonyl (C=O) groups excluding carboxylic acids is 1. The van der Waals surface area contributed by atoms with Crippen LogP contribution in [0.15, 0.2) is 47.9 Å². The standard InChI is InChI=1S/C25H42O4SSi/c1-11-25(7,8)23(26)20(3)22(29-31(9,10)24(4,5)6)19(2)17-18-30(27,28)21-15-13-12-14-16-21/h11-16,19-20,22H,1,17-18H2,2-10H3/t19-,20+,22-/m0/s1. The van der Waals surface area contributed by atoms with Crippen LogP contribution in [-0.4, -0.2) is 34.4 Å². The lowest BCUT2D eigenvalue weighted by Gasteiger charge is -2.43. The van der Waals surface area contributed by atoms with Crippen LogP contribution in [0.5, 0.6) is 0 Å². The van der Waals surface area contributed by atoms with Gasteiger partial charge in [0.05, 0.1) is 16.8 Å². The number of rotatable bonds is 11. The van der Waals surface area contributed by atoms with Gasteiger partial charge in [0.25, 0.3) is 0 Å². The van der Waals surface area contributed by atoms with E-state index in [1.54, 1.807) is 36.4 Å². The van der Waals surface area contributed by atoms with Crippen molar-refractivity contribution in [3.05, 3.63) is 43.0 Å². The molecule has 4 nitrogen and oxygen atoms in total. The zero-order valence-corrected chi connectivity index (χ0v) is 22.7. The SMILES string of the molecule is C=CC(C)(C)C(=O)[C@H](C)[C@@H](O[Si](C)(C)C(C)(C)C)[C@@H](C)CCS(=O)(=O)c1ccccc1. The molecule has 0 bridgehead atoms. The van der Waals surface area contributed by atoms with Crippen LogP contribution in [-0.2, 0) is 19.1 Å². The Labute approximate surface area is 191 Å². The van der Waals surface area contributed by atoms with Gasteiger partial charge in [0, 0.05) is 11.3 Å². The minimum Gasteiger partial charge on any atom is -0.413 e. The van der Waals surface area contributed by atoms with Crippen molar-refractivity contribution in [1.29, 1.82) is 0 Å². The number of carbonyl (C=O) groups is 1. The summed E-state index contributed by atoms with van der Waals surface area (Å²) in [7, 11) is -5.56. The fourth-order valence-electron chi connectivity index (χ4n) is 3.32. The van der Waals surface area contributed by atoms with E-state index in [2.05, 4.69) is 40.4 Å². The molecule has 0 aromatic heterocycles. The molecule has 0 radical (unpaired) electrons. The zero-order chi connectivity index (χ0) is 24.3. The molecule has 0 saturated carbocycles. The van der Waals surface area contributed by atoms with Crippen LogP contribution >= 0.6 is 0 Å². The molecule has 0 aliphatic rings. The maximum Gasteiger partial charge on any atom is 0.192 e. The molecule has 0 heterocycles. The van der Waals surface area contributed by atoms with E-state index in [4.69, 9.17) is 4.43 Å². The second kappa shape index (κ2) is 10.1. The Morgan fingerprint density at radius 3 is 2.06 bits per heavy atom. The average molecular weight is 467 g/mol. The van der Waals surface area contributed by atoms with Crippen molar-refractivity contribution in [2.24, 2.45) is 17.3 Å². The summed E-state index contributed by atoms with van der Waals surface area (Å²) < 4.78 is 32.3. The van der Waals surface area contributed by atoms with E-state index < -0.39 is 23.6 Å². The molecule has 0 aliphatic heterocycles. The summed E-state index contributed by atoms with van der Waals surface area (Å²) in [4.78, 5) is 13.6. The van der Waals surface area contributed by atoms with Gasteiger partial charge in [0.15, 0.2) is 18.2 Å². The average Bonchev–Trinajstić information content (AvgIpc) is 2.69. The van der Waals surface area contributed by atoms with E-state index in [1.807, 2.05) is 27.7 Å². The Hall–Kier alpha value is -1.24. The van der Waals surface area contributed by atoms with Gasteiger partial charge < -0.3 is 4.43 Å². The van der Waals surface area contributed by atoms with Crippen molar-refractivity contribution in [3.8, 4) is 0 Å². The molecule has 0 amide bonds. The molecule has 0 spiro atoms. The molecular formula is C25H42O4SSi.